The predicted octanol–water partition coefficient (Wildman–Crippen LogP) is 3.69. The number of aromatic nitrogens is 2. The standard InChI is InChI=1S/C21H31N3O2S/c1-2-27(25,26)21-22-17-20(18-23-14-9-4-3-5-10-15-23)24(21)16-13-19-11-7-6-8-12-19/h6-8,11-12,17H,2-5,9-10,13-16,18H2,1H3. The molecule has 1 saturated heterocycles. The molecule has 1 aromatic heterocycles. The second kappa shape index (κ2) is 9.51. The van der Waals surface area contributed by atoms with Gasteiger partial charge in [-0.2, -0.15) is 0 Å². The quantitative estimate of drug-likeness (QED) is 0.725. The van der Waals surface area contributed by atoms with E-state index >= 15 is 0 Å². The van der Waals surface area contributed by atoms with Gasteiger partial charge in [0.1, 0.15) is 0 Å². The summed E-state index contributed by atoms with van der Waals surface area (Å²) in [5.74, 6) is 0.0818. The Morgan fingerprint density at radius 2 is 1.67 bits per heavy atom. The van der Waals surface area contributed by atoms with Crippen molar-refractivity contribution in [1.29, 1.82) is 0 Å². The maximum atomic E-state index is 12.5. The molecule has 0 radical (unpaired) electrons. The van der Waals surface area contributed by atoms with Gasteiger partial charge in [-0.3, -0.25) is 4.90 Å². The van der Waals surface area contributed by atoms with Gasteiger partial charge in [0, 0.05) is 13.1 Å². The summed E-state index contributed by atoms with van der Waals surface area (Å²) in [6.07, 6.45) is 8.93. The van der Waals surface area contributed by atoms with Crippen LogP contribution >= 0.6 is 0 Å². The highest BCUT2D eigenvalue weighted by Crippen LogP contribution is 2.18. The molecule has 0 amide bonds. The van der Waals surface area contributed by atoms with Crippen LogP contribution in [0.25, 0.3) is 0 Å². The average molecular weight is 390 g/mol. The van der Waals surface area contributed by atoms with Crippen molar-refractivity contribution in [2.75, 3.05) is 18.8 Å². The number of likely N-dealkylation sites (tertiary alicyclic amines) is 1. The van der Waals surface area contributed by atoms with Crippen LogP contribution in [0, 0.1) is 0 Å². The lowest BCUT2D eigenvalue weighted by atomic mass is 10.1. The van der Waals surface area contributed by atoms with Gasteiger partial charge >= 0.3 is 0 Å². The molecule has 0 aliphatic carbocycles. The van der Waals surface area contributed by atoms with Crippen LogP contribution in [0.2, 0.25) is 0 Å². The zero-order valence-electron chi connectivity index (χ0n) is 16.3. The third kappa shape index (κ3) is 5.42. The van der Waals surface area contributed by atoms with Crippen LogP contribution in [-0.4, -0.2) is 41.7 Å². The van der Waals surface area contributed by atoms with Crippen molar-refractivity contribution in [3.05, 3.63) is 47.8 Å². The van der Waals surface area contributed by atoms with Gasteiger partial charge in [0.15, 0.2) is 0 Å². The summed E-state index contributed by atoms with van der Waals surface area (Å²) in [7, 11) is -3.33. The lowest BCUT2D eigenvalue weighted by Gasteiger charge is -2.25. The largest absolute Gasteiger partial charge is 0.317 e. The van der Waals surface area contributed by atoms with Crippen molar-refractivity contribution in [3.63, 3.8) is 0 Å². The van der Waals surface area contributed by atoms with E-state index in [0.29, 0.717) is 6.54 Å². The molecule has 3 rings (SSSR count). The van der Waals surface area contributed by atoms with E-state index in [4.69, 9.17) is 0 Å². The summed E-state index contributed by atoms with van der Waals surface area (Å²) in [5.41, 5.74) is 2.22. The molecule has 0 saturated carbocycles. The van der Waals surface area contributed by atoms with Crippen molar-refractivity contribution in [2.24, 2.45) is 0 Å². The van der Waals surface area contributed by atoms with Crippen molar-refractivity contribution in [2.45, 2.75) is 63.7 Å². The highest BCUT2D eigenvalue weighted by Gasteiger charge is 2.22. The Bertz CT molecular complexity index is 807. The second-order valence-corrected chi connectivity index (χ2v) is 9.54. The monoisotopic (exact) mass is 389 g/mol. The van der Waals surface area contributed by atoms with Gasteiger partial charge in [-0.25, -0.2) is 13.4 Å². The van der Waals surface area contributed by atoms with Gasteiger partial charge in [0.2, 0.25) is 15.0 Å². The van der Waals surface area contributed by atoms with Crippen LogP contribution in [0.5, 0.6) is 0 Å². The van der Waals surface area contributed by atoms with E-state index < -0.39 is 9.84 Å². The molecule has 5 nitrogen and oxygen atoms in total. The highest BCUT2D eigenvalue weighted by atomic mass is 32.2. The Balaban J connectivity index is 1.81. The Kier molecular flexibility index (Phi) is 7.07. The minimum absolute atomic E-state index is 0.0818. The number of hydrogen-bond acceptors (Lipinski definition) is 4. The van der Waals surface area contributed by atoms with Gasteiger partial charge in [0.25, 0.3) is 0 Å². The molecule has 148 valence electrons. The number of imidazole rings is 1. The molecule has 1 fully saturated rings. The molecule has 0 N–H and O–H groups in total. The smallest absolute Gasteiger partial charge is 0.227 e. The first-order valence-corrected chi connectivity index (χ1v) is 11.8. The Morgan fingerprint density at radius 1 is 1.00 bits per heavy atom. The van der Waals surface area contributed by atoms with Gasteiger partial charge in [-0.1, -0.05) is 56.5 Å². The fraction of sp³-hybridized carbons (Fsp3) is 0.571. The third-order valence-electron chi connectivity index (χ3n) is 5.36. The van der Waals surface area contributed by atoms with Gasteiger partial charge in [0.05, 0.1) is 17.6 Å². The minimum atomic E-state index is -3.33. The minimum Gasteiger partial charge on any atom is -0.317 e. The van der Waals surface area contributed by atoms with Gasteiger partial charge in [-0.15, -0.1) is 0 Å². The molecular formula is C21H31N3O2S. The third-order valence-corrected chi connectivity index (χ3v) is 7.00. The first-order valence-electron chi connectivity index (χ1n) is 10.1. The molecule has 0 spiro atoms. The fourth-order valence-electron chi connectivity index (χ4n) is 3.72. The summed E-state index contributed by atoms with van der Waals surface area (Å²) >= 11 is 0. The van der Waals surface area contributed by atoms with Crippen molar-refractivity contribution in [1.82, 2.24) is 14.5 Å². The number of sulfone groups is 1. The zero-order valence-corrected chi connectivity index (χ0v) is 17.1. The van der Waals surface area contributed by atoms with Crippen LogP contribution in [0.15, 0.2) is 41.7 Å². The van der Waals surface area contributed by atoms with Crippen LogP contribution in [0.3, 0.4) is 0 Å². The van der Waals surface area contributed by atoms with E-state index in [9.17, 15) is 8.42 Å². The molecule has 1 aliphatic rings. The molecule has 1 aliphatic heterocycles. The number of rotatable bonds is 7. The molecule has 1 aromatic carbocycles. The van der Waals surface area contributed by atoms with E-state index in [1.807, 2.05) is 22.8 Å². The first kappa shape index (κ1) is 20.1. The molecular weight excluding hydrogens is 358 g/mol. The molecule has 2 heterocycles. The van der Waals surface area contributed by atoms with Gasteiger partial charge < -0.3 is 4.57 Å². The van der Waals surface area contributed by atoms with Crippen LogP contribution in [-0.2, 0) is 29.3 Å². The molecule has 0 unspecified atom stereocenters. The lowest BCUT2D eigenvalue weighted by molar-refractivity contribution is 0.233. The Labute approximate surface area is 163 Å². The van der Waals surface area contributed by atoms with Crippen LogP contribution in [0.4, 0.5) is 0 Å². The van der Waals surface area contributed by atoms with E-state index in [0.717, 1.165) is 31.7 Å². The molecule has 2 aromatic rings. The molecule has 0 bridgehead atoms. The first-order chi connectivity index (χ1) is 13.1. The van der Waals surface area contributed by atoms with Crippen molar-refractivity contribution >= 4 is 9.84 Å². The zero-order chi connectivity index (χ0) is 19.1. The summed E-state index contributed by atoms with van der Waals surface area (Å²) < 4.78 is 27.0. The number of nitrogens with zero attached hydrogens (tertiary/aromatic N) is 3. The maximum Gasteiger partial charge on any atom is 0.227 e. The predicted molar refractivity (Wildman–Crippen MR) is 108 cm³/mol. The normalized spacial score (nSPS) is 16.8. The summed E-state index contributed by atoms with van der Waals surface area (Å²) in [6, 6.07) is 10.2. The highest BCUT2D eigenvalue weighted by molar-refractivity contribution is 7.91. The Morgan fingerprint density at radius 3 is 2.33 bits per heavy atom. The van der Waals surface area contributed by atoms with Crippen LogP contribution < -0.4 is 0 Å². The molecule has 0 atom stereocenters. The molecule has 27 heavy (non-hydrogen) atoms. The van der Waals surface area contributed by atoms with Crippen molar-refractivity contribution < 1.29 is 8.42 Å². The summed E-state index contributed by atoms with van der Waals surface area (Å²) in [5, 5.41) is 0.225. The number of aryl methyl sites for hydroxylation is 1. The fourth-order valence-corrected chi connectivity index (χ4v) is 4.74. The van der Waals surface area contributed by atoms with E-state index in [-0.39, 0.29) is 10.9 Å². The van der Waals surface area contributed by atoms with E-state index in [1.165, 1.54) is 37.7 Å². The summed E-state index contributed by atoms with van der Waals surface area (Å²) in [4.78, 5) is 6.78. The van der Waals surface area contributed by atoms with Gasteiger partial charge in [-0.05, 0) is 37.9 Å². The van der Waals surface area contributed by atoms with E-state index in [2.05, 4.69) is 22.0 Å². The molecule has 6 heteroatoms. The average Bonchev–Trinajstić information content (AvgIpc) is 3.06. The topological polar surface area (TPSA) is 55.2 Å². The van der Waals surface area contributed by atoms with Crippen molar-refractivity contribution in [3.8, 4) is 0 Å². The number of benzene rings is 1. The van der Waals surface area contributed by atoms with Crippen LogP contribution in [0.1, 0.15) is 50.3 Å². The van der Waals surface area contributed by atoms with E-state index in [1.54, 1.807) is 13.1 Å². The SMILES string of the molecule is CCS(=O)(=O)c1ncc(CN2CCCCCCC2)n1CCc1ccccc1. The number of hydrogen-bond donors (Lipinski definition) is 0. The summed E-state index contributed by atoms with van der Waals surface area (Å²) in [6.45, 7) is 5.27. The second-order valence-electron chi connectivity index (χ2n) is 7.37. The lowest BCUT2D eigenvalue weighted by Crippen LogP contribution is -2.28. The Hall–Kier alpha value is -1.66. The maximum absolute atomic E-state index is 12.5.